The fourth-order valence-electron chi connectivity index (χ4n) is 1.92. The first-order valence-corrected chi connectivity index (χ1v) is 5.77. The average Bonchev–Trinajstić information content (AvgIpc) is 2.30. The Labute approximate surface area is 96.4 Å². The van der Waals surface area contributed by atoms with Gasteiger partial charge in [-0.15, -0.1) is 0 Å². The molecule has 1 aromatic heterocycles. The predicted octanol–water partition coefficient (Wildman–Crippen LogP) is 1.38. The zero-order valence-corrected chi connectivity index (χ0v) is 9.72. The van der Waals surface area contributed by atoms with Gasteiger partial charge in [-0.25, -0.2) is 4.98 Å². The Kier molecular flexibility index (Phi) is 3.62. The Morgan fingerprint density at radius 2 is 2.19 bits per heavy atom. The van der Waals surface area contributed by atoms with Crippen LogP contribution in [0.1, 0.15) is 12.8 Å². The van der Waals surface area contributed by atoms with E-state index in [-0.39, 0.29) is 0 Å². The summed E-state index contributed by atoms with van der Waals surface area (Å²) in [5.74, 6) is 2.02. The maximum Gasteiger partial charge on any atom is 0.137 e. The van der Waals surface area contributed by atoms with Crippen molar-refractivity contribution in [3.05, 3.63) is 18.3 Å². The molecule has 1 aliphatic heterocycles. The third kappa shape index (κ3) is 3.10. The van der Waals surface area contributed by atoms with E-state index in [1.165, 1.54) is 25.9 Å². The minimum Gasteiger partial charge on any atom is -0.492 e. The number of likely N-dealkylation sites (tertiary alicyclic amines) is 1. The second kappa shape index (κ2) is 5.16. The van der Waals surface area contributed by atoms with Gasteiger partial charge in [0, 0.05) is 0 Å². The molecule has 0 unspecified atom stereocenters. The van der Waals surface area contributed by atoms with Gasteiger partial charge < -0.3 is 15.4 Å². The molecule has 2 rings (SSSR count). The number of pyridine rings is 1. The van der Waals surface area contributed by atoms with E-state index in [1.807, 2.05) is 6.07 Å². The van der Waals surface area contributed by atoms with Crippen molar-refractivity contribution < 1.29 is 4.74 Å². The molecule has 88 valence electrons. The second-order valence-electron chi connectivity index (χ2n) is 4.48. The van der Waals surface area contributed by atoms with Crippen LogP contribution in [0.25, 0.3) is 0 Å². The number of piperidine rings is 1. The number of nitrogen functional groups attached to an aromatic ring is 1. The lowest BCUT2D eigenvalue weighted by atomic mass is 9.98. The molecule has 4 nitrogen and oxygen atoms in total. The minimum absolute atomic E-state index is 0.534. The Morgan fingerprint density at radius 3 is 2.81 bits per heavy atom. The molecule has 2 heterocycles. The first-order valence-electron chi connectivity index (χ1n) is 5.77. The van der Waals surface area contributed by atoms with E-state index in [9.17, 15) is 0 Å². The van der Waals surface area contributed by atoms with Crippen molar-refractivity contribution in [1.29, 1.82) is 0 Å². The van der Waals surface area contributed by atoms with Crippen molar-refractivity contribution in [3.63, 3.8) is 0 Å². The minimum atomic E-state index is 0.534. The largest absolute Gasteiger partial charge is 0.492 e. The normalized spacial score (nSPS) is 18.6. The topological polar surface area (TPSA) is 51.4 Å². The highest BCUT2D eigenvalue weighted by atomic mass is 16.5. The molecule has 16 heavy (non-hydrogen) atoms. The molecule has 0 atom stereocenters. The standard InChI is InChI=1S/C12H19N3O/c1-15-6-4-10(5-7-15)9-16-11-2-3-12(13)14-8-11/h2-3,8,10H,4-7,9H2,1H3,(H2,13,14). The molecule has 1 aromatic rings. The summed E-state index contributed by atoms with van der Waals surface area (Å²) in [4.78, 5) is 6.36. The van der Waals surface area contributed by atoms with E-state index in [2.05, 4.69) is 16.9 Å². The highest BCUT2D eigenvalue weighted by Gasteiger charge is 2.16. The van der Waals surface area contributed by atoms with Gasteiger partial charge in [0.2, 0.25) is 0 Å². The number of hydrogen-bond acceptors (Lipinski definition) is 4. The van der Waals surface area contributed by atoms with Crippen LogP contribution < -0.4 is 10.5 Å². The lowest BCUT2D eigenvalue weighted by molar-refractivity contribution is 0.160. The first-order chi connectivity index (χ1) is 7.74. The third-order valence-corrected chi connectivity index (χ3v) is 3.08. The summed E-state index contributed by atoms with van der Waals surface area (Å²) in [5, 5.41) is 0. The van der Waals surface area contributed by atoms with Crippen LogP contribution in [0.15, 0.2) is 18.3 Å². The van der Waals surface area contributed by atoms with Crippen molar-refractivity contribution in [2.45, 2.75) is 12.8 Å². The predicted molar refractivity (Wildman–Crippen MR) is 64.4 cm³/mol. The van der Waals surface area contributed by atoms with Gasteiger partial charge in [0.05, 0.1) is 12.8 Å². The van der Waals surface area contributed by atoms with Crippen LogP contribution in [-0.4, -0.2) is 36.6 Å². The van der Waals surface area contributed by atoms with E-state index < -0.39 is 0 Å². The van der Waals surface area contributed by atoms with E-state index in [0.29, 0.717) is 11.7 Å². The molecule has 0 saturated carbocycles. The van der Waals surface area contributed by atoms with Gasteiger partial charge in [-0.3, -0.25) is 0 Å². The number of ether oxygens (including phenoxy) is 1. The lowest BCUT2D eigenvalue weighted by Gasteiger charge is -2.28. The molecular formula is C12H19N3O. The van der Waals surface area contributed by atoms with E-state index in [4.69, 9.17) is 10.5 Å². The van der Waals surface area contributed by atoms with Crippen LogP contribution in [0.2, 0.25) is 0 Å². The first kappa shape index (κ1) is 11.2. The molecule has 4 heteroatoms. The van der Waals surface area contributed by atoms with Gasteiger partial charge in [-0.2, -0.15) is 0 Å². The SMILES string of the molecule is CN1CCC(COc2ccc(N)nc2)CC1. The van der Waals surface area contributed by atoms with Gasteiger partial charge in [-0.1, -0.05) is 0 Å². The number of hydrogen-bond donors (Lipinski definition) is 1. The van der Waals surface area contributed by atoms with Crippen molar-refractivity contribution in [2.75, 3.05) is 32.5 Å². The Bertz CT molecular complexity index is 318. The summed E-state index contributed by atoms with van der Waals surface area (Å²) in [6.45, 7) is 3.14. The molecule has 0 bridgehead atoms. The fraction of sp³-hybridized carbons (Fsp3) is 0.583. The molecule has 0 aliphatic carbocycles. The highest BCUT2D eigenvalue weighted by molar-refractivity contribution is 5.32. The summed E-state index contributed by atoms with van der Waals surface area (Å²) >= 11 is 0. The fourth-order valence-corrected chi connectivity index (χ4v) is 1.92. The molecule has 2 N–H and O–H groups in total. The van der Waals surface area contributed by atoms with Crippen molar-refractivity contribution in [3.8, 4) is 5.75 Å². The number of nitrogens with zero attached hydrogens (tertiary/aromatic N) is 2. The van der Waals surface area contributed by atoms with Gasteiger partial charge in [0.25, 0.3) is 0 Å². The maximum absolute atomic E-state index is 5.70. The number of aromatic nitrogens is 1. The molecule has 1 fully saturated rings. The molecule has 1 saturated heterocycles. The van der Waals surface area contributed by atoms with E-state index in [1.54, 1.807) is 12.3 Å². The van der Waals surface area contributed by atoms with Crippen LogP contribution in [0.5, 0.6) is 5.75 Å². The van der Waals surface area contributed by atoms with Gasteiger partial charge in [0.1, 0.15) is 11.6 Å². The van der Waals surface area contributed by atoms with Crippen LogP contribution in [0.4, 0.5) is 5.82 Å². The summed E-state index contributed by atoms with van der Waals surface area (Å²) in [7, 11) is 2.17. The van der Waals surface area contributed by atoms with Crippen LogP contribution >= 0.6 is 0 Å². The smallest absolute Gasteiger partial charge is 0.137 e. The molecule has 0 radical (unpaired) electrons. The molecule has 0 spiro atoms. The quantitative estimate of drug-likeness (QED) is 0.838. The summed E-state index contributed by atoms with van der Waals surface area (Å²) in [5.41, 5.74) is 5.51. The average molecular weight is 221 g/mol. The molecule has 0 aromatic carbocycles. The van der Waals surface area contributed by atoms with Gasteiger partial charge in [-0.05, 0) is 51.0 Å². The Balaban J connectivity index is 1.77. The highest BCUT2D eigenvalue weighted by Crippen LogP contribution is 2.18. The molecular weight excluding hydrogens is 202 g/mol. The number of anilines is 1. The van der Waals surface area contributed by atoms with Crippen molar-refractivity contribution in [2.24, 2.45) is 5.92 Å². The second-order valence-corrected chi connectivity index (χ2v) is 4.48. The van der Waals surface area contributed by atoms with Gasteiger partial charge in [0.15, 0.2) is 0 Å². The zero-order chi connectivity index (χ0) is 11.4. The summed E-state index contributed by atoms with van der Waals surface area (Å²) in [6, 6.07) is 3.64. The van der Waals surface area contributed by atoms with Crippen LogP contribution in [0.3, 0.4) is 0 Å². The maximum atomic E-state index is 5.70. The zero-order valence-electron chi connectivity index (χ0n) is 9.72. The van der Waals surface area contributed by atoms with Gasteiger partial charge >= 0.3 is 0 Å². The van der Waals surface area contributed by atoms with Crippen LogP contribution in [0, 0.1) is 5.92 Å². The van der Waals surface area contributed by atoms with Crippen LogP contribution in [-0.2, 0) is 0 Å². The van der Waals surface area contributed by atoms with Crippen molar-refractivity contribution in [1.82, 2.24) is 9.88 Å². The summed E-state index contributed by atoms with van der Waals surface area (Å²) < 4.78 is 5.70. The van der Waals surface area contributed by atoms with Crippen molar-refractivity contribution >= 4 is 5.82 Å². The Hall–Kier alpha value is -1.29. The monoisotopic (exact) mass is 221 g/mol. The third-order valence-electron chi connectivity index (χ3n) is 3.08. The van der Waals surface area contributed by atoms with E-state index in [0.717, 1.165) is 12.4 Å². The lowest BCUT2D eigenvalue weighted by Crippen LogP contribution is -2.32. The summed E-state index contributed by atoms with van der Waals surface area (Å²) in [6.07, 6.45) is 4.13. The number of nitrogens with two attached hydrogens (primary N) is 1. The van der Waals surface area contributed by atoms with E-state index >= 15 is 0 Å². The Morgan fingerprint density at radius 1 is 1.44 bits per heavy atom. The molecule has 0 amide bonds. The molecule has 1 aliphatic rings. The number of rotatable bonds is 3.